The van der Waals surface area contributed by atoms with Crippen LogP contribution in [0.15, 0.2) is 42.7 Å². The third-order valence-electron chi connectivity index (χ3n) is 4.56. The van der Waals surface area contributed by atoms with Gasteiger partial charge in [-0.05, 0) is 37.3 Å². The van der Waals surface area contributed by atoms with Gasteiger partial charge >= 0.3 is 0 Å². The summed E-state index contributed by atoms with van der Waals surface area (Å²) in [6.07, 6.45) is 5.11. The lowest BCUT2D eigenvalue weighted by atomic mass is 10.1. The number of nitrogens with one attached hydrogen (secondary N) is 1. The number of aryl methyl sites for hydroxylation is 1. The molecular weight excluding hydrogens is 284 g/mol. The van der Waals surface area contributed by atoms with Gasteiger partial charge in [0, 0.05) is 31.4 Å². The second-order valence-electron chi connectivity index (χ2n) is 6.34. The van der Waals surface area contributed by atoms with Gasteiger partial charge in [-0.15, -0.1) is 0 Å². The van der Waals surface area contributed by atoms with E-state index in [4.69, 9.17) is 0 Å². The summed E-state index contributed by atoms with van der Waals surface area (Å²) in [4.78, 5) is 11.1. The third kappa shape index (κ3) is 4.76. The van der Waals surface area contributed by atoms with Crippen molar-refractivity contribution in [3.05, 3.63) is 54.0 Å². The van der Waals surface area contributed by atoms with E-state index in [1.54, 1.807) is 6.33 Å². The van der Waals surface area contributed by atoms with E-state index in [9.17, 15) is 0 Å². The van der Waals surface area contributed by atoms with Gasteiger partial charge in [0.25, 0.3) is 0 Å². The SMILES string of the molecule is CCc1cc(NCCC2CCN(Cc3ccccc3)C2)ncn1. The van der Waals surface area contributed by atoms with Crippen molar-refractivity contribution in [3.63, 3.8) is 0 Å². The molecule has 1 aromatic carbocycles. The van der Waals surface area contributed by atoms with Crippen molar-refractivity contribution in [2.45, 2.75) is 32.7 Å². The molecule has 122 valence electrons. The summed E-state index contributed by atoms with van der Waals surface area (Å²) in [6.45, 7) is 6.61. The van der Waals surface area contributed by atoms with E-state index in [1.165, 1.54) is 31.5 Å². The van der Waals surface area contributed by atoms with Crippen LogP contribution < -0.4 is 5.32 Å². The maximum Gasteiger partial charge on any atom is 0.129 e. The maximum atomic E-state index is 4.29. The van der Waals surface area contributed by atoms with Crippen LogP contribution in [-0.2, 0) is 13.0 Å². The van der Waals surface area contributed by atoms with Gasteiger partial charge in [0.15, 0.2) is 0 Å². The largest absolute Gasteiger partial charge is 0.370 e. The predicted octanol–water partition coefficient (Wildman–Crippen LogP) is 3.36. The van der Waals surface area contributed by atoms with Crippen molar-refractivity contribution in [2.75, 3.05) is 25.0 Å². The fraction of sp³-hybridized carbons (Fsp3) is 0.474. The van der Waals surface area contributed by atoms with Crippen molar-refractivity contribution in [2.24, 2.45) is 5.92 Å². The van der Waals surface area contributed by atoms with Crippen molar-refractivity contribution in [1.82, 2.24) is 14.9 Å². The number of hydrogen-bond donors (Lipinski definition) is 1. The van der Waals surface area contributed by atoms with Crippen LogP contribution >= 0.6 is 0 Å². The third-order valence-corrected chi connectivity index (χ3v) is 4.56. The molecule has 1 aromatic heterocycles. The Kier molecular flexibility index (Phi) is 5.59. The summed E-state index contributed by atoms with van der Waals surface area (Å²) in [5.74, 6) is 1.75. The molecule has 0 saturated carbocycles. The van der Waals surface area contributed by atoms with Crippen LogP contribution in [0.2, 0.25) is 0 Å². The van der Waals surface area contributed by atoms with E-state index in [-0.39, 0.29) is 0 Å². The van der Waals surface area contributed by atoms with E-state index in [0.29, 0.717) is 0 Å². The van der Waals surface area contributed by atoms with Crippen molar-refractivity contribution in [1.29, 1.82) is 0 Å². The van der Waals surface area contributed by atoms with Gasteiger partial charge in [-0.2, -0.15) is 0 Å². The highest BCUT2D eigenvalue weighted by molar-refractivity contribution is 5.34. The predicted molar refractivity (Wildman–Crippen MR) is 94.3 cm³/mol. The molecule has 2 heterocycles. The Balaban J connectivity index is 1.40. The molecule has 23 heavy (non-hydrogen) atoms. The Hall–Kier alpha value is -1.94. The number of nitrogens with zero attached hydrogens (tertiary/aromatic N) is 3. The van der Waals surface area contributed by atoms with Gasteiger partial charge in [0.05, 0.1) is 0 Å². The standard InChI is InChI=1S/C19H26N4/c1-2-18-12-19(22-15-21-18)20-10-8-17-9-11-23(14-17)13-16-6-4-3-5-7-16/h3-7,12,15,17H,2,8-11,13-14H2,1H3,(H,20,21,22). The summed E-state index contributed by atoms with van der Waals surface area (Å²) >= 11 is 0. The topological polar surface area (TPSA) is 41.0 Å². The lowest BCUT2D eigenvalue weighted by Crippen LogP contribution is -2.20. The zero-order chi connectivity index (χ0) is 15.9. The smallest absolute Gasteiger partial charge is 0.129 e. The van der Waals surface area contributed by atoms with Crippen LogP contribution in [0.1, 0.15) is 31.0 Å². The molecule has 0 bridgehead atoms. The minimum atomic E-state index is 0.790. The number of likely N-dealkylation sites (tertiary alicyclic amines) is 1. The second-order valence-corrected chi connectivity index (χ2v) is 6.34. The molecule has 2 aromatic rings. The first kappa shape index (κ1) is 15.9. The maximum absolute atomic E-state index is 4.29. The van der Waals surface area contributed by atoms with Crippen LogP contribution in [0.25, 0.3) is 0 Å². The first-order valence-electron chi connectivity index (χ1n) is 8.64. The number of rotatable bonds is 7. The zero-order valence-corrected chi connectivity index (χ0v) is 13.9. The Morgan fingerprint density at radius 2 is 2.09 bits per heavy atom. The molecule has 1 saturated heterocycles. The van der Waals surface area contributed by atoms with Gasteiger partial charge in [0.1, 0.15) is 12.1 Å². The minimum Gasteiger partial charge on any atom is -0.370 e. The Bertz CT molecular complexity index is 599. The summed E-state index contributed by atoms with van der Waals surface area (Å²) in [6, 6.07) is 12.8. The van der Waals surface area contributed by atoms with Gasteiger partial charge in [0.2, 0.25) is 0 Å². The molecule has 1 fully saturated rings. The molecule has 1 aliphatic rings. The highest BCUT2D eigenvalue weighted by Gasteiger charge is 2.21. The molecule has 0 aliphatic carbocycles. The molecule has 3 rings (SSSR count). The molecule has 0 radical (unpaired) electrons. The molecule has 1 aliphatic heterocycles. The summed E-state index contributed by atoms with van der Waals surface area (Å²) in [5.41, 5.74) is 2.51. The first-order chi connectivity index (χ1) is 11.3. The van der Waals surface area contributed by atoms with E-state index >= 15 is 0 Å². The summed E-state index contributed by atoms with van der Waals surface area (Å²) in [5, 5.41) is 3.44. The molecule has 0 amide bonds. The fourth-order valence-corrected chi connectivity index (χ4v) is 3.23. The lowest BCUT2D eigenvalue weighted by Gasteiger charge is -2.16. The van der Waals surface area contributed by atoms with E-state index in [2.05, 4.69) is 63.5 Å². The molecule has 1 N–H and O–H groups in total. The van der Waals surface area contributed by atoms with E-state index < -0.39 is 0 Å². The van der Waals surface area contributed by atoms with Crippen molar-refractivity contribution < 1.29 is 0 Å². The van der Waals surface area contributed by atoms with Crippen LogP contribution in [0.4, 0.5) is 5.82 Å². The highest BCUT2D eigenvalue weighted by atomic mass is 15.1. The number of anilines is 1. The Morgan fingerprint density at radius 3 is 2.91 bits per heavy atom. The van der Waals surface area contributed by atoms with Crippen LogP contribution in [0.3, 0.4) is 0 Å². The lowest BCUT2D eigenvalue weighted by molar-refractivity contribution is 0.314. The van der Waals surface area contributed by atoms with Crippen molar-refractivity contribution >= 4 is 5.82 Å². The van der Waals surface area contributed by atoms with E-state index in [0.717, 1.165) is 36.9 Å². The normalized spacial score (nSPS) is 18.2. The van der Waals surface area contributed by atoms with E-state index in [1.807, 2.05) is 0 Å². The Morgan fingerprint density at radius 1 is 1.22 bits per heavy atom. The monoisotopic (exact) mass is 310 g/mol. The average molecular weight is 310 g/mol. The quantitative estimate of drug-likeness (QED) is 0.851. The van der Waals surface area contributed by atoms with Gasteiger partial charge in [-0.3, -0.25) is 4.90 Å². The summed E-state index contributed by atoms with van der Waals surface area (Å²) < 4.78 is 0. The van der Waals surface area contributed by atoms with Crippen LogP contribution in [-0.4, -0.2) is 34.5 Å². The van der Waals surface area contributed by atoms with Crippen LogP contribution in [0, 0.1) is 5.92 Å². The molecule has 1 unspecified atom stereocenters. The summed E-state index contributed by atoms with van der Waals surface area (Å²) in [7, 11) is 0. The average Bonchev–Trinajstić information content (AvgIpc) is 3.03. The highest BCUT2D eigenvalue weighted by Crippen LogP contribution is 2.21. The number of aromatic nitrogens is 2. The van der Waals surface area contributed by atoms with Crippen molar-refractivity contribution in [3.8, 4) is 0 Å². The minimum absolute atomic E-state index is 0.790. The van der Waals surface area contributed by atoms with Gasteiger partial charge in [-0.25, -0.2) is 9.97 Å². The molecule has 0 spiro atoms. The van der Waals surface area contributed by atoms with Crippen LogP contribution in [0.5, 0.6) is 0 Å². The molecule has 4 heteroatoms. The zero-order valence-electron chi connectivity index (χ0n) is 13.9. The second kappa shape index (κ2) is 8.06. The number of hydrogen-bond acceptors (Lipinski definition) is 4. The fourth-order valence-electron chi connectivity index (χ4n) is 3.23. The Labute approximate surface area is 139 Å². The number of benzene rings is 1. The van der Waals surface area contributed by atoms with Gasteiger partial charge < -0.3 is 5.32 Å². The molecule has 4 nitrogen and oxygen atoms in total. The molecule has 1 atom stereocenters. The molecular formula is C19H26N4. The first-order valence-corrected chi connectivity index (χ1v) is 8.64. The van der Waals surface area contributed by atoms with Gasteiger partial charge in [-0.1, -0.05) is 37.3 Å².